The minimum atomic E-state index is -0.877. The van der Waals surface area contributed by atoms with E-state index < -0.39 is 17.9 Å². The lowest BCUT2D eigenvalue weighted by atomic mass is 9.89. The van der Waals surface area contributed by atoms with Crippen LogP contribution in [0.1, 0.15) is 43.7 Å². The number of hydrogen-bond acceptors (Lipinski definition) is 4. The van der Waals surface area contributed by atoms with Crippen LogP contribution in [-0.2, 0) is 19.1 Å². The molecule has 30 heavy (non-hydrogen) atoms. The van der Waals surface area contributed by atoms with Gasteiger partial charge in [0.15, 0.2) is 0 Å². The number of rotatable bonds is 7. The van der Waals surface area contributed by atoms with Crippen molar-refractivity contribution in [1.82, 2.24) is 10.2 Å². The highest BCUT2D eigenvalue weighted by Crippen LogP contribution is 2.28. The molecule has 1 fully saturated rings. The first-order valence-corrected chi connectivity index (χ1v) is 10.4. The third-order valence-corrected chi connectivity index (χ3v) is 5.39. The number of esters is 1. The van der Waals surface area contributed by atoms with Crippen molar-refractivity contribution in [2.75, 3.05) is 13.1 Å². The van der Waals surface area contributed by atoms with Crippen molar-refractivity contribution >= 4 is 17.8 Å². The summed E-state index contributed by atoms with van der Waals surface area (Å²) in [6, 6.07) is 18.1. The van der Waals surface area contributed by atoms with Crippen LogP contribution in [0.2, 0.25) is 0 Å². The lowest BCUT2D eigenvalue weighted by Gasteiger charge is -2.37. The molecule has 158 valence electrons. The van der Waals surface area contributed by atoms with E-state index in [1.165, 1.54) is 4.90 Å². The van der Waals surface area contributed by atoms with Crippen LogP contribution < -0.4 is 5.32 Å². The number of ether oxygens (including phenoxy) is 1. The van der Waals surface area contributed by atoms with Gasteiger partial charge in [-0.1, -0.05) is 67.6 Å². The highest BCUT2D eigenvalue weighted by atomic mass is 16.5. The molecule has 6 nitrogen and oxygen atoms in total. The molecular weight excluding hydrogens is 380 g/mol. The third kappa shape index (κ3) is 5.06. The maximum Gasteiger partial charge on any atom is 0.308 e. The Hall–Kier alpha value is -3.15. The number of hydrogen-bond donors (Lipinski definition) is 1. The van der Waals surface area contributed by atoms with E-state index in [1.54, 1.807) is 0 Å². The van der Waals surface area contributed by atoms with Crippen LogP contribution in [0.15, 0.2) is 60.7 Å². The molecule has 2 unspecified atom stereocenters. The highest BCUT2D eigenvalue weighted by molar-refractivity contribution is 5.95. The number of amides is 2. The first kappa shape index (κ1) is 21.6. The summed E-state index contributed by atoms with van der Waals surface area (Å²) in [5.41, 5.74) is 1.70. The molecule has 6 heteroatoms. The van der Waals surface area contributed by atoms with Crippen LogP contribution in [-0.4, -0.2) is 47.9 Å². The third-order valence-electron chi connectivity index (χ3n) is 5.39. The summed E-state index contributed by atoms with van der Waals surface area (Å²) in [5, 5.41) is 2.77. The molecule has 2 amide bonds. The molecule has 0 aliphatic carbocycles. The van der Waals surface area contributed by atoms with Crippen molar-refractivity contribution in [2.24, 2.45) is 0 Å². The van der Waals surface area contributed by atoms with Crippen molar-refractivity contribution in [3.8, 4) is 0 Å². The lowest BCUT2D eigenvalue weighted by Crippen LogP contribution is -2.58. The van der Waals surface area contributed by atoms with Crippen molar-refractivity contribution in [3.05, 3.63) is 71.8 Å². The topological polar surface area (TPSA) is 75.7 Å². The Kier molecular flexibility index (Phi) is 7.22. The second-order valence-corrected chi connectivity index (χ2v) is 7.51. The van der Waals surface area contributed by atoms with Gasteiger partial charge >= 0.3 is 5.97 Å². The Morgan fingerprint density at radius 1 is 1.07 bits per heavy atom. The van der Waals surface area contributed by atoms with E-state index in [2.05, 4.69) is 5.32 Å². The highest BCUT2D eigenvalue weighted by Gasteiger charge is 2.38. The molecule has 0 saturated carbocycles. The Morgan fingerprint density at radius 2 is 1.63 bits per heavy atom. The molecule has 1 aliphatic heterocycles. The van der Waals surface area contributed by atoms with Crippen molar-refractivity contribution in [1.29, 1.82) is 0 Å². The van der Waals surface area contributed by atoms with Gasteiger partial charge in [0, 0.05) is 13.1 Å². The van der Waals surface area contributed by atoms with Gasteiger partial charge in [-0.25, -0.2) is 0 Å². The number of nitrogens with zero attached hydrogens (tertiary/aromatic N) is 1. The average Bonchev–Trinajstić information content (AvgIpc) is 2.76. The van der Waals surface area contributed by atoms with Gasteiger partial charge in [0.1, 0.15) is 6.04 Å². The SMILES string of the molecule is CCC(C)OC(=O)CC1C(=O)NCCN1C(=O)C(c1ccccc1)c1ccccc1. The largest absolute Gasteiger partial charge is 0.463 e. The molecule has 0 spiro atoms. The summed E-state index contributed by atoms with van der Waals surface area (Å²) >= 11 is 0. The van der Waals surface area contributed by atoms with Gasteiger partial charge < -0.3 is 15.0 Å². The smallest absolute Gasteiger partial charge is 0.308 e. The van der Waals surface area contributed by atoms with E-state index in [0.717, 1.165) is 11.1 Å². The fraction of sp³-hybridized carbons (Fsp3) is 0.375. The van der Waals surface area contributed by atoms with E-state index in [0.29, 0.717) is 19.5 Å². The Balaban J connectivity index is 1.89. The minimum Gasteiger partial charge on any atom is -0.463 e. The van der Waals surface area contributed by atoms with Crippen molar-refractivity contribution in [2.45, 2.75) is 44.8 Å². The van der Waals surface area contributed by atoms with Crippen molar-refractivity contribution < 1.29 is 19.1 Å². The zero-order chi connectivity index (χ0) is 21.5. The molecule has 3 rings (SSSR count). The minimum absolute atomic E-state index is 0.155. The Labute approximate surface area is 177 Å². The van der Waals surface area contributed by atoms with E-state index in [9.17, 15) is 14.4 Å². The molecule has 1 N–H and O–H groups in total. The van der Waals surface area contributed by atoms with Crippen LogP contribution in [0.4, 0.5) is 0 Å². The summed E-state index contributed by atoms with van der Waals surface area (Å²) in [6.45, 7) is 4.44. The zero-order valence-electron chi connectivity index (χ0n) is 17.4. The molecular formula is C24H28N2O4. The second kappa shape index (κ2) is 10.1. The second-order valence-electron chi connectivity index (χ2n) is 7.51. The number of carbonyl (C=O) groups excluding carboxylic acids is 3. The average molecular weight is 408 g/mol. The maximum absolute atomic E-state index is 13.7. The maximum atomic E-state index is 13.7. The molecule has 2 aromatic carbocycles. The predicted octanol–water partition coefficient (Wildman–Crippen LogP) is 2.88. The monoisotopic (exact) mass is 408 g/mol. The molecule has 2 aromatic rings. The molecule has 0 radical (unpaired) electrons. The van der Waals surface area contributed by atoms with E-state index in [-0.39, 0.29) is 24.3 Å². The Bertz CT molecular complexity index is 830. The normalized spacial score (nSPS) is 17.4. The molecule has 0 aromatic heterocycles. The summed E-state index contributed by atoms with van der Waals surface area (Å²) in [7, 11) is 0. The van der Waals surface area contributed by atoms with Crippen LogP contribution in [0.5, 0.6) is 0 Å². The van der Waals surface area contributed by atoms with Gasteiger partial charge in [0.25, 0.3) is 0 Å². The summed E-state index contributed by atoms with van der Waals surface area (Å²) in [4.78, 5) is 40.2. The van der Waals surface area contributed by atoms with Gasteiger partial charge in [-0.3, -0.25) is 14.4 Å². The van der Waals surface area contributed by atoms with Gasteiger partial charge in [0.05, 0.1) is 18.4 Å². The van der Waals surface area contributed by atoms with Crippen LogP contribution in [0.3, 0.4) is 0 Å². The number of nitrogens with one attached hydrogen (secondary N) is 1. The first-order valence-electron chi connectivity index (χ1n) is 10.4. The number of carbonyl (C=O) groups is 3. The van der Waals surface area contributed by atoms with Gasteiger partial charge in [-0.05, 0) is 24.5 Å². The van der Waals surface area contributed by atoms with Crippen LogP contribution in [0, 0.1) is 0 Å². The Morgan fingerprint density at radius 3 is 2.17 bits per heavy atom. The summed E-state index contributed by atoms with van der Waals surface area (Å²) in [6.07, 6.45) is 0.308. The first-order chi connectivity index (χ1) is 14.5. The summed E-state index contributed by atoms with van der Waals surface area (Å²) in [5.74, 6) is -1.54. The van der Waals surface area contributed by atoms with Gasteiger partial charge in [-0.15, -0.1) is 0 Å². The lowest BCUT2D eigenvalue weighted by molar-refractivity contribution is -0.155. The number of piperazine rings is 1. The van der Waals surface area contributed by atoms with E-state index in [1.807, 2.05) is 74.5 Å². The zero-order valence-corrected chi connectivity index (χ0v) is 17.4. The van der Waals surface area contributed by atoms with Gasteiger partial charge in [-0.2, -0.15) is 0 Å². The molecule has 1 saturated heterocycles. The standard InChI is InChI=1S/C24H28N2O4/c1-3-17(2)30-21(27)16-20-23(28)25-14-15-26(20)24(29)22(18-10-6-4-7-11-18)19-12-8-5-9-13-19/h4-13,17,20,22H,3,14-16H2,1-2H3,(H,25,28). The van der Waals surface area contributed by atoms with Crippen LogP contribution in [0.25, 0.3) is 0 Å². The van der Waals surface area contributed by atoms with E-state index >= 15 is 0 Å². The van der Waals surface area contributed by atoms with Crippen LogP contribution >= 0.6 is 0 Å². The summed E-state index contributed by atoms with van der Waals surface area (Å²) < 4.78 is 5.35. The molecule has 1 heterocycles. The molecule has 1 aliphatic rings. The molecule has 0 bridgehead atoms. The quantitative estimate of drug-likeness (QED) is 0.715. The molecule has 2 atom stereocenters. The predicted molar refractivity (Wildman–Crippen MR) is 114 cm³/mol. The van der Waals surface area contributed by atoms with Crippen molar-refractivity contribution in [3.63, 3.8) is 0 Å². The fourth-order valence-corrected chi connectivity index (χ4v) is 3.63. The van der Waals surface area contributed by atoms with E-state index in [4.69, 9.17) is 4.74 Å². The van der Waals surface area contributed by atoms with Gasteiger partial charge in [0.2, 0.25) is 11.8 Å². The fourth-order valence-electron chi connectivity index (χ4n) is 3.63. The number of benzene rings is 2.